The quantitative estimate of drug-likeness (QED) is 0.677. The molecule has 0 aliphatic carbocycles. The van der Waals surface area contributed by atoms with Crippen molar-refractivity contribution in [3.63, 3.8) is 0 Å². The van der Waals surface area contributed by atoms with E-state index in [1.807, 2.05) is 65.6 Å². The Bertz CT molecular complexity index is 911. The molecule has 0 saturated carbocycles. The molecule has 2 heterocycles. The molecule has 144 valence electrons. The summed E-state index contributed by atoms with van der Waals surface area (Å²) in [4.78, 5) is 17.2. The van der Waals surface area contributed by atoms with E-state index in [2.05, 4.69) is 4.90 Å². The molecular weight excluding hydrogens is 352 g/mol. The van der Waals surface area contributed by atoms with Crippen LogP contribution in [-0.2, 0) is 6.54 Å². The predicted octanol–water partition coefficient (Wildman–Crippen LogP) is 3.91. The molecule has 3 aromatic rings. The number of methoxy groups -OCH3 is 1. The third-order valence-electron chi connectivity index (χ3n) is 5.15. The highest BCUT2D eigenvalue weighted by atomic mass is 16.5. The Hall–Kier alpha value is -3.05. The number of rotatable bonds is 5. The summed E-state index contributed by atoms with van der Waals surface area (Å²) in [5.74, 6) is 1.88. The average Bonchev–Trinajstić information content (AvgIpc) is 3.27. The van der Waals surface area contributed by atoms with Gasteiger partial charge in [0.1, 0.15) is 11.5 Å². The van der Waals surface area contributed by atoms with Gasteiger partial charge in [0.05, 0.1) is 19.9 Å². The second kappa shape index (κ2) is 8.31. The van der Waals surface area contributed by atoms with E-state index in [1.165, 1.54) is 0 Å². The summed E-state index contributed by atoms with van der Waals surface area (Å²) >= 11 is 0. The molecule has 1 saturated heterocycles. The van der Waals surface area contributed by atoms with Crippen LogP contribution < -0.4 is 4.74 Å². The van der Waals surface area contributed by atoms with E-state index in [1.54, 1.807) is 13.4 Å². The minimum atomic E-state index is 0.0908. The van der Waals surface area contributed by atoms with Crippen molar-refractivity contribution in [2.45, 2.75) is 6.54 Å². The minimum Gasteiger partial charge on any atom is -0.497 e. The number of carbonyl (C=O) groups excluding carboxylic acids is 1. The zero-order chi connectivity index (χ0) is 19.3. The molecule has 0 bridgehead atoms. The van der Waals surface area contributed by atoms with Gasteiger partial charge in [-0.2, -0.15) is 0 Å². The highest BCUT2D eigenvalue weighted by Crippen LogP contribution is 2.24. The number of piperazine rings is 1. The maximum atomic E-state index is 13.0. The lowest BCUT2D eigenvalue weighted by molar-refractivity contribution is 0.0620. The van der Waals surface area contributed by atoms with E-state index in [0.717, 1.165) is 60.9 Å². The summed E-state index contributed by atoms with van der Waals surface area (Å²) in [5.41, 5.74) is 2.83. The first kappa shape index (κ1) is 18.3. The van der Waals surface area contributed by atoms with Crippen LogP contribution in [0.5, 0.6) is 5.75 Å². The topological polar surface area (TPSA) is 45.9 Å². The van der Waals surface area contributed by atoms with Gasteiger partial charge in [0.2, 0.25) is 0 Å². The van der Waals surface area contributed by atoms with Gasteiger partial charge in [0.15, 0.2) is 0 Å². The molecule has 0 spiro atoms. The molecule has 1 amide bonds. The minimum absolute atomic E-state index is 0.0908. The first-order valence-corrected chi connectivity index (χ1v) is 9.51. The maximum absolute atomic E-state index is 13.0. The van der Waals surface area contributed by atoms with E-state index in [0.29, 0.717) is 0 Å². The monoisotopic (exact) mass is 376 g/mol. The summed E-state index contributed by atoms with van der Waals surface area (Å²) < 4.78 is 10.6. The molecule has 1 aliphatic rings. The number of hydrogen-bond donors (Lipinski definition) is 0. The van der Waals surface area contributed by atoms with Crippen LogP contribution >= 0.6 is 0 Å². The average molecular weight is 376 g/mol. The Morgan fingerprint density at radius 3 is 2.43 bits per heavy atom. The van der Waals surface area contributed by atoms with Crippen molar-refractivity contribution in [1.82, 2.24) is 9.80 Å². The molecule has 1 aromatic heterocycles. The fourth-order valence-corrected chi connectivity index (χ4v) is 3.53. The normalized spacial score (nSPS) is 14.8. The number of nitrogens with zero attached hydrogens (tertiary/aromatic N) is 2. The van der Waals surface area contributed by atoms with Gasteiger partial charge in [-0.1, -0.05) is 24.3 Å². The van der Waals surface area contributed by atoms with Crippen molar-refractivity contribution in [1.29, 1.82) is 0 Å². The summed E-state index contributed by atoms with van der Waals surface area (Å²) in [6.45, 7) is 3.95. The van der Waals surface area contributed by atoms with Gasteiger partial charge in [0.25, 0.3) is 5.91 Å². The Morgan fingerprint density at radius 2 is 1.75 bits per heavy atom. The zero-order valence-electron chi connectivity index (χ0n) is 16.0. The molecule has 0 radical (unpaired) electrons. The van der Waals surface area contributed by atoms with Crippen LogP contribution in [0.1, 0.15) is 16.1 Å². The van der Waals surface area contributed by atoms with E-state index in [4.69, 9.17) is 9.15 Å². The molecular formula is C23H24N2O3. The SMILES string of the molecule is COc1ccc(-c2cccc(C(=O)N3CCN(Cc4ccco4)CC3)c2)cc1. The maximum Gasteiger partial charge on any atom is 0.253 e. The van der Waals surface area contributed by atoms with E-state index >= 15 is 0 Å². The van der Waals surface area contributed by atoms with Crippen molar-refractivity contribution in [3.8, 4) is 16.9 Å². The summed E-state index contributed by atoms with van der Waals surface area (Å²) in [6.07, 6.45) is 1.70. The molecule has 1 fully saturated rings. The largest absolute Gasteiger partial charge is 0.497 e. The number of carbonyl (C=O) groups is 1. The second-order valence-electron chi connectivity index (χ2n) is 6.96. The molecule has 28 heavy (non-hydrogen) atoms. The van der Waals surface area contributed by atoms with Crippen LogP contribution in [0.25, 0.3) is 11.1 Å². The molecule has 4 rings (SSSR count). The highest BCUT2D eigenvalue weighted by Gasteiger charge is 2.22. The molecule has 1 aliphatic heterocycles. The summed E-state index contributed by atoms with van der Waals surface area (Å²) in [7, 11) is 1.66. The predicted molar refractivity (Wildman–Crippen MR) is 108 cm³/mol. The Kier molecular flexibility index (Phi) is 5.44. The fourth-order valence-electron chi connectivity index (χ4n) is 3.53. The van der Waals surface area contributed by atoms with Crippen LogP contribution in [0, 0.1) is 0 Å². The Morgan fingerprint density at radius 1 is 0.964 bits per heavy atom. The number of benzene rings is 2. The fraction of sp³-hybridized carbons (Fsp3) is 0.261. The number of amides is 1. The van der Waals surface area contributed by atoms with Gasteiger partial charge in [-0.15, -0.1) is 0 Å². The van der Waals surface area contributed by atoms with E-state index in [-0.39, 0.29) is 5.91 Å². The third-order valence-corrected chi connectivity index (χ3v) is 5.15. The van der Waals surface area contributed by atoms with Crippen LogP contribution in [0.3, 0.4) is 0 Å². The first-order chi connectivity index (χ1) is 13.7. The number of ether oxygens (including phenoxy) is 1. The van der Waals surface area contributed by atoms with Gasteiger partial charge in [0, 0.05) is 31.7 Å². The van der Waals surface area contributed by atoms with Gasteiger partial charge in [-0.3, -0.25) is 9.69 Å². The van der Waals surface area contributed by atoms with Gasteiger partial charge < -0.3 is 14.1 Å². The third kappa shape index (κ3) is 4.10. The van der Waals surface area contributed by atoms with Gasteiger partial charge in [-0.25, -0.2) is 0 Å². The van der Waals surface area contributed by atoms with Crippen LogP contribution in [0.4, 0.5) is 0 Å². The van der Waals surface area contributed by atoms with Crippen molar-refractivity contribution in [3.05, 3.63) is 78.3 Å². The van der Waals surface area contributed by atoms with Crippen molar-refractivity contribution < 1.29 is 13.9 Å². The van der Waals surface area contributed by atoms with Gasteiger partial charge in [-0.05, 0) is 47.5 Å². The molecule has 5 heteroatoms. The van der Waals surface area contributed by atoms with E-state index < -0.39 is 0 Å². The smallest absolute Gasteiger partial charge is 0.253 e. The standard InChI is InChI=1S/C23H24N2O3/c1-27-21-9-7-18(8-10-21)19-4-2-5-20(16-19)23(26)25-13-11-24(12-14-25)17-22-6-3-15-28-22/h2-10,15-16H,11-14,17H2,1H3. The number of furan rings is 1. The lowest BCUT2D eigenvalue weighted by atomic mass is 10.0. The molecule has 2 aromatic carbocycles. The second-order valence-corrected chi connectivity index (χ2v) is 6.96. The van der Waals surface area contributed by atoms with Crippen LogP contribution in [0.15, 0.2) is 71.3 Å². The van der Waals surface area contributed by atoms with Crippen LogP contribution in [-0.4, -0.2) is 49.0 Å². The Balaban J connectivity index is 1.41. The van der Waals surface area contributed by atoms with Gasteiger partial charge >= 0.3 is 0 Å². The van der Waals surface area contributed by atoms with E-state index in [9.17, 15) is 4.79 Å². The van der Waals surface area contributed by atoms with Crippen LogP contribution in [0.2, 0.25) is 0 Å². The first-order valence-electron chi connectivity index (χ1n) is 9.51. The zero-order valence-corrected chi connectivity index (χ0v) is 16.0. The molecule has 0 unspecified atom stereocenters. The lowest BCUT2D eigenvalue weighted by Crippen LogP contribution is -2.48. The summed E-state index contributed by atoms with van der Waals surface area (Å²) in [6, 6.07) is 19.6. The Labute approximate surface area is 165 Å². The molecule has 0 atom stereocenters. The molecule has 5 nitrogen and oxygen atoms in total. The molecule has 0 N–H and O–H groups in total. The summed E-state index contributed by atoms with van der Waals surface area (Å²) in [5, 5.41) is 0. The van der Waals surface area contributed by atoms with Crippen molar-refractivity contribution in [2.75, 3.05) is 33.3 Å². The highest BCUT2D eigenvalue weighted by molar-refractivity contribution is 5.95. The van der Waals surface area contributed by atoms with Crippen molar-refractivity contribution in [2.24, 2.45) is 0 Å². The number of hydrogen-bond acceptors (Lipinski definition) is 4. The van der Waals surface area contributed by atoms with Crippen molar-refractivity contribution >= 4 is 5.91 Å². The lowest BCUT2D eigenvalue weighted by Gasteiger charge is -2.34.